The Morgan fingerprint density at radius 1 is 1.20 bits per heavy atom. The predicted octanol–water partition coefficient (Wildman–Crippen LogP) is 2.65. The first-order valence-electron chi connectivity index (χ1n) is 14.3. The molecule has 4 N–H and O–H groups in total. The van der Waals surface area contributed by atoms with Gasteiger partial charge in [-0.15, -0.1) is 0 Å². The average molecular weight is 655 g/mol. The van der Waals surface area contributed by atoms with Crippen molar-refractivity contribution in [1.29, 1.82) is 0 Å². The van der Waals surface area contributed by atoms with Gasteiger partial charge in [-0.05, 0) is 58.7 Å². The van der Waals surface area contributed by atoms with Crippen LogP contribution in [0.1, 0.15) is 46.1 Å². The molecule has 0 radical (unpaired) electrons. The molecule has 46 heavy (non-hydrogen) atoms. The van der Waals surface area contributed by atoms with Crippen LogP contribution in [-0.2, 0) is 29.1 Å². The molecule has 244 valence electrons. The van der Waals surface area contributed by atoms with Crippen LogP contribution in [0.4, 0.5) is 21.1 Å². The van der Waals surface area contributed by atoms with E-state index in [0.29, 0.717) is 38.9 Å². The van der Waals surface area contributed by atoms with Crippen molar-refractivity contribution < 1.29 is 37.1 Å². The van der Waals surface area contributed by atoms with Gasteiger partial charge in [0.05, 0.1) is 18.1 Å². The van der Waals surface area contributed by atoms with Crippen LogP contribution in [-0.4, -0.2) is 82.6 Å². The normalized spacial score (nSPS) is 16.7. The number of aromatic nitrogens is 3. The number of rotatable bonds is 10. The molecule has 3 heterocycles. The van der Waals surface area contributed by atoms with Gasteiger partial charge in [-0.2, -0.15) is 9.61 Å². The molecule has 1 aromatic carbocycles. The highest BCUT2D eigenvalue weighted by Gasteiger charge is 2.35. The zero-order valence-corrected chi connectivity index (χ0v) is 26.6. The Kier molecular flexibility index (Phi) is 8.62. The van der Waals surface area contributed by atoms with E-state index >= 15 is 0 Å². The molecule has 2 aromatic heterocycles. The Balaban J connectivity index is 1.36. The number of urea groups is 1. The molecule has 1 unspecified atom stereocenters. The number of carbonyl (C=O) groups is 4. The second-order valence-electron chi connectivity index (χ2n) is 11.9. The third-order valence-corrected chi connectivity index (χ3v) is 7.18. The van der Waals surface area contributed by atoms with Gasteiger partial charge in [0, 0.05) is 28.9 Å². The number of benzene rings is 1. The van der Waals surface area contributed by atoms with Crippen LogP contribution in [0.3, 0.4) is 0 Å². The van der Waals surface area contributed by atoms with Crippen LogP contribution in [0.25, 0.3) is 23.0 Å². The Labute approximate surface area is 264 Å². The zero-order valence-electron chi connectivity index (χ0n) is 25.8. The highest BCUT2D eigenvalue weighted by atomic mass is 32.2. The second-order valence-corrected chi connectivity index (χ2v) is 13.7. The summed E-state index contributed by atoms with van der Waals surface area (Å²) in [4.78, 5) is 55.6. The molecule has 3 aromatic rings. The molecule has 5 rings (SSSR count). The fourth-order valence-corrected chi connectivity index (χ4v) is 4.92. The van der Waals surface area contributed by atoms with Gasteiger partial charge in [0.1, 0.15) is 23.2 Å². The molecule has 1 aliphatic heterocycles. The molecular weight excluding hydrogens is 620 g/mol. The van der Waals surface area contributed by atoms with Gasteiger partial charge in [0.25, 0.3) is 5.91 Å². The van der Waals surface area contributed by atoms with Gasteiger partial charge in [0.15, 0.2) is 12.4 Å². The number of imide groups is 1. The molecule has 1 aliphatic carbocycles. The van der Waals surface area contributed by atoms with Crippen molar-refractivity contribution >= 4 is 57.3 Å². The van der Waals surface area contributed by atoms with E-state index in [2.05, 4.69) is 25.8 Å². The summed E-state index contributed by atoms with van der Waals surface area (Å²) in [5, 5.41) is 12.7. The molecule has 16 nitrogen and oxygen atoms in total. The number of esters is 1. The number of anilines is 2. The Morgan fingerprint density at radius 2 is 1.93 bits per heavy atom. The minimum Gasteiger partial charge on any atom is -0.444 e. The molecule has 1 atom stereocenters. The number of hydrogen-bond acceptors (Lipinski definition) is 11. The van der Waals surface area contributed by atoms with Crippen LogP contribution < -0.4 is 20.7 Å². The van der Waals surface area contributed by atoms with E-state index in [0.717, 1.165) is 19.1 Å². The summed E-state index contributed by atoms with van der Waals surface area (Å²) in [6, 6.07) is 6.90. The van der Waals surface area contributed by atoms with Crippen molar-refractivity contribution in [2.45, 2.75) is 58.2 Å². The van der Waals surface area contributed by atoms with Gasteiger partial charge in [-0.3, -0.25) is 9.52 Å². The van der Waals surface area contributed by atoms with Crippen LogP contribution in [0.2, 0.25) is 0 Å². The van der Waals surface area contributed by atoms with Crippen molar-refractivity contribution in [1.82, 2.24) is 30.1 Å². The minimum absolute atomic E-state index is 0.0980. The molecule has 1 saturated carbocycles. The standard InChI is InChI=1S/C29H34N8O8S/c1-16(31-28(41)45-29(2,3)4)26(39)44-15-36-25(38)22(34-27(36)40)12-18-14-30-37-23(32-19-9-10-19)13-21(33-24(18)37)17-7-6-8-20(11-17)35-46(5,42)43/h6-8,11-14,16,19,32,35H,9-10,15H2,1-5H3,(H,31,41)(H,34,40)/b22-12-. The number of carbonyl (C=O) groups excluding carboxylic acids is 4. The topological polar surface area (TPSA) is 202 Å². The van der Waals surface area contributed by atoms with Gasteiger partial charge >= 0.3 is 18.1 Å². The van der Waals surface area contributed by atoms with Crippen molar-refractivity contribution in [2.75, 3.05) is 23.0 Å². The Hall–Kier alpha value is -5.19. The lowest BCUT2D eigenvalue weighted by atomic mass is 10.1. The summed E-state index contributed by atoms with van der Waals surface area (Å²) >= 11 is 0. The second kappa shape index (κ2) is 12.3. The lowest BCUT2D eigenvalue weighted by molar-refractivity contribution is -0.150. The molecule has 0 bridgehead atoms. The van der Waals surface area contributed by atoms with Crippen molar-refractivity contribution in [3.05, 3.63) is 47.8 Å². The molecule has 2 fully saturated rings. The Morgan fingerprint density at radius 3 is 2.61 bits per heavy atom. The first-order chi connectivity index (χ1) is 21.6. The van der Waals surface area contributed by atoms with Gasteiger partial charge in [-0.1, -0.05) is 12.1 Å². The first-order valence-corrected chi connectivity index (χ1v) is 16.2. The summed E-state index contributed by atoms with van der Waals surface area (Å²) in [5.74, 6) is -0.996. The lowest BCUT2D eigenvalue weighted by Crippen LogP contribution is -2.44. The van der Waals surface area contributed by atoms with E-state index < -0.39 is 52.4 Å². The summed E-state index contributed by atoms with van der Waals surface area (Å²) in [6.07, 6.45) is 5.12. The van der Waals surface area contributed by atoms with Crippen molar-refractivity contribution in [2.24, 2.45) is 0 Å². The average Bonchev–Trinajstić information content (AvgIpc) is 3.61. The van der Waals surface area contributed by atoms with Crippen molar-refractivity contribution in [3.8, 4) is 11.3 Å². The monoisotopic (exact) mass is 654 g/mol. The highest BCUT2D eigenvalue weighted by Crippen LogP contribution is 2.30. The summed E-state index contributed by atoms with van der Waals surface area (Å²) in [7, 11) is -3.50. The molecule has 17 heteroatoms. The number of nitrogens with zero attached hydrogens (tertiary/aromatic N) is 4. The molecule has 1 saturated heterocycles. The van der Waals surface area contributed by atoms with E-state index in [-0.39, 0.29) is 11.7 Å². The van der Waals surface area contributed by atoms with Crippen LogP contribution in [0, 0.1) is 0 Å². The number of fused-ring (bicyclic) bond motifs is 1. The number of alkyl carbamates (subject to hydrolysis) is 1. The largest absolute Gasteiger partial charge is 0.444 e. The minimum atomic E-state index is -3.50. The van der Waals surface area contributed by atoms with E-state index in [1.54, 1.807) is 55.6 Å². The highest BCUT2D eigenvalue weighted by molar-refractivity contribution is 7.92. The SMILES string of the molecule is CC(NC(=O)OC(C)(C)C)C(=O)OCN1C(=O)N/C(=C\c2cnn3c(NC4CC4)cc(-c4cccc(NS(C)(=O)=O)c4)nc23)C1=O. The third-order valence-electron chi connectivity index (χ3n) is 6.57. The fraction of sp³-hybridized carbons (Fsp3) is 0.379. The summed E-state index contributed by atoms with van der Waals surface area (Å²) in [6.45, 7) is 5.70. The molecule has 4 amide bonds. The maximum atomic E-state index is 13.1. The lowest BCUT2D eigenvalue weighted by Gasteiger charge is -2.21. The van der Waals surface area contributed by atoms with E-state index in [1.807, 2.05) is 0 Å². The first kappa shape index (κ1) is 32.2. The van der Waals surface area contributed by atoms with Gasteiger partial charge in [0.2, 0.25) is 10.0 Å². The van der Waals surface area contributed by atoms with E-state index in [1.165, 1.54) is 19.2 Å². The van der Waals surface area contributed by atoms with E-state index in [9.17, 15) is 27.6 Å². The van der Waals surface area contributed by atoms with Crippen LogP contribution in [0.15, 0.2) is 42.2 Å². The maximum Gasteiger partial charge on any atom is 0.408 e. The summed E-state index contributed by atoms with van der Waals surface area (Å²) < 4.78 is 37.8. The van der Waals surface area contributed by atoms with Crippen LogP contribution in [0.5, 0.6) is 0 Å². The number of ether oxygens (including phenoxy) is 2. The number of sulfonamides is 1. The van der Waals surface area contributed by atoms with E-state index in [4.69, 9.17) is 14.5 Å². The zero-order chi connectivity index (χ0) is 33.4. The number of hydrogen-bond donors (Lipinski definition) is 4. The third kappa shape index (κ3) is 7.90. The van der Waals surface area contributed by atoms with Crippen LogP contribution >= 0.6 is 0 Å². The number of amides is 4. The summed E-state index contributed by atoms with van der Waals surface area (Å²) in [5.41, 5.74) is 1.41. The van der Waals surface area contributed by atoms with Gasteiger partial charge in [-0.25, -0.2) is 32.7 Å². The maximum absolute atomic E-state index is 13.1. The Bertz CT molecular complexity index is 1860. The van der Waals surface area contributed by atoms with Crippen molar-refractivity contribution in [3.63, 3.8) is 0 Å². The quantitative estimate of drug-likeness (QED) is 0.142. The van der Waals surface area contributed by atoms with Gasteiger partial charge < -0.3 is 25.4 Å². The molecule has 2 aliphatic rings. The molecular formula is C29H34N8O8S. The molecule has 0 spiro atoms. The fourth-order valence-electron chi connectivity index (χ4n) is 4.37. The predicted molar refractivity (Wildman–Crippen MR) is 167 cm³/mol. The smallest absolute Gasteiger partial charge is 0.408 e. The number of nitrogens with one attached hydrogen (secondary N) is 4.